The molecule has 148 valence electrons. The van der Waals surface area contributed by atoms with E-state index < -0.39 is 20.5 Å². The Hall–Kier alpha value is -3.07. The molecule has 1 atom stereocenters. The summed E-state index contributed by atoms with van der Waals surface area (Å²) in [4.78, 5) is 22.7. The van der Waals surface area contributed by atoms with Crippen LogP contribution >= 0.6 is 0 Å². The Morgan fingerprint density at radius 3 is 2.55 bits per heavy atom. The molecule has 0 N–H and O–H groups in total. The van der Waals surface area contributed by atoms with Crippen LogP contribution in [0.5, 0.6) is 0 Å². The number of amides is 1. The molecule has 8 nitrogen and oxygen atoms in total. The first-order valence-corrected chi connectivity index (χ1v) is 11.0. The van der Waals surface area contributed by atoms with E-state index in [1.54, 1.807) is 53.7 Å². The van der Waals surface area contributed by atoms with Crippen molar-refractivity contribution in [3.05, 3.63) is 66.3 Å². The lowest BCUT2D eigenvalue weighted by Crippen LogP contribution is -2.67. The summed E-state index contributed by atoms with van der Waals surface area (Å²) in [5.74, 6) is 0.177. The van der Waals surface area contributed by atoms with E-state index in [1.807, 2.05) is 6.07 Å². The van der Waals surface area contributed by atoms with Crippen molar-refractivity contribution in [1.29, 1.82) is 0 Å². The molecule has 0 aliphatic carbocycles. The fourth-order valence-electron chi connectivity index (χ4n) is 4.22. The summed E-state index contributed by atoms with van der Waals surface area (Å²) >= 11 is 0. The van der Waals surface area contributed by atoms with Crippen molar-refractivity contribution < 1.29 is 17.7 Å². The number of nitrogens with zero attached hydrogens (tertiary/aromatic N) is 4. The van der Waals surface area contributed by atoms with Crippen LogP contribution < -0.4 is 0 Å². The molecule has 0 radical (unpaired) electrons. The minimum atomic E-state index is -3.38. The Morgan fingerprint density at radius 2 is 1.83 bits per heavy atom. The third-order valence-corrected chi connectivity index (χ3v) is 8.39. The number of hydrogen-bond acceptors (Lipinski definition) is 7. The number of sulfone groups is 1. The molecule has 3 aromatic rings. The number of pyridine rings is 1. The molecule has 0 bridgehead atoms. The molecule has 2 saturated heterocycles. The molecule has 1 aromatic carbocycles. The van der Waals surface area contributed by atoms with Crippen LogP contribution in [0.3, 0.4) is 0 Å². The summed E-state index contributed by atoms with van der Waals surface area (Å²) < 4.78 is 30.2. The van der Waals surface area contributed by atoms with Gasteiger partial charge in [0.25, 0.3) is 5.91 Å². The SMILES string of the molecule is O=C(c1ccccc1)N1CC2(C1)C(c1nc(-c3ccncc3)no1)CCS2(=O)=O. The van der Waals surface area contributed by atoms with Gasteiger partial charge in [-0.2, -0.15) is 4.98 Å². The highest BCUT2D eigenvalue weighted by Crippen LogP contribution is 2.49. The Labute approximate surface area is 167 Å². The summed E-state index contributed by atoms with van der Waals surface area (Å²) in [6.45, 7) is 0.279. The van der Waals surface area contributed by atoms with Gasteiger partial charge in [-0.3, -0.25) is 9.78 Å². The van der Waals surface area contributed by atoms with Crippen molar-refractivity contribution in [3.63, 3.8) is 0 Å². The van der Waals surface area contributed by atoms with Gasteiger partial charge in [-0.05, 0) is 30.7 Å². The highest BCUT2D eigenvalue weighted by molar-refractivity contribution is 7.93. The second kappa shape index (κ2) is 6.48. The zero-order valence-corrected chi connectivity index (χ0v) is 16.2. The van der Waals surface area contributed by atoms with E-state index in [-0.39, 0.29) is 24.7 Å². The number of carbonyl (C=O) groups is 1. The molecule has 1 spiro atoms. The zero-order valence-electron chi connectivity index (χ0n) is 15.4. The van der Waals surface area contributed by atoms with Crippen molar-refractivity contribution in [2.75, 3.05) is 18.8 Å². The average molecular weight is 410 g/mol. The highest BCUT2D eigenvalue weighted by Gasteiger charge is 2.64. The molecular formula is C20H18N4O4S. The molecule has 9 heteroatoms. The molecule has 2 aliphatic rings. The van der Waals surface area contributed by atoms with Crippen LogP contribution in [0.15, 0.2) is 59.4 Å². The Balaban J connectivity index is 1.42. The number of carbonyl (C=O) groups excluding carboxylic acids is 1. The Bertz CT molecular complexity index is 1160. The predicted molar refractivity (Wildman–Crippen MR) is 104 cm³/mol. The van der Waals surface area contributed by atoms with E-state index in [1.165, 1.54) is 0 Å². The van der Waals surface area contributed by atoms with Gasteiger partial charge in [0.15, 0.2) is 9.84 Å². The first kappa shape index (κ1) is 18.0. The monoisotopic (exact) mass is 410 g/mol. The van der Waals surface area contributed by atoms with E-state index in [0.29, 0.717) is 23.7 Å². The predicted octanol–water partition coefficient (Wildman–Crippen LogP) is 1.93. The first-order chi connectivity index (χ1) is 14.0. The molecular weight excluding hydrogens is 392 g/mol. The zero-order chi connectivity index (χ0) is 20.1. The summed E-state index contributed by atoms with van der Waals surface area (Å²) in [6, 6.07) is 12.4. The van der Waals surface area contributed by atoms with Gasteiger partial charge in [0.1, 0.15) is 4.75 Å². The van der Waals surface area contributed by atoms with Gasteiger partial charge in [0.2, 0.25) is 11.7 Å². The average Bonchev–Trinajstić information content (AvgIpc) is 3.30. The second-order valence-corrected chi connectivity index (χ2v) is 9.90. The fraction of sp³-hybridized carbons (Fsp3) is 0.300. The third-order valence-electron chi connectivity index (χ3n) is 5.83. The van der Waals surface area contributed by atoms with Gasteiger partial charge in [0.05, 0.1) is 11.7 Å². The van der Waals surface area contributed by atoms with Crippen molar-refractivity contribution in [1.82, 2.24) is 20.0 Å². The Kier molecular flexibility index (Phi) is 4.02. The standard InChI is InChI=1S/C20H18N4O4S/c25-19(15-4-2-1-3-5-15)24-12-20(13-24)16(8-11-29(20,26)27)18-22-17(23-28-18)14-6-9-21-10-7-14/h1-7,9-10,16H,8,11-13H2. The summed E-state index contributed by atoms with van der Waals surface area (Å²) in [6.07, 6.45) is 3.67. The van der Waals surface area contributed by atoms with Crippen LogP contribution in [0.4, 0.5) is 0 Å². The summed E-state index contributed by atoms with van der Waals surface area (Å²) in [7, 11) is -3.38. The number of rotatable bonds is 3. The number of hydrogen-bond donors (Lipinski definition) is 0. The lowest BCUT2D eigenvalue weighted by molar-refractivity contribution is 0.0504. The third kappa shape index (κ3) is 2.76. The number of likely N-dealkylation sites (tertiary alicyclic amines) is 1. The van der Waals surface area contributed by atoms with Crippen molar-refractivity contribution in [2.45, 2.75) is 17.1 Å². The quantitative estimate of drug-likeness (QED) is 0.649. The van der Waals surface area contributed by atoms with Gasteiger partial charge in [-0.1, -0.05) is 23.4 Å². The van der Waals surface area contributed by atoms with Crippen LogP contribution in [0, 0.1) is 0 Å². The van der Waals surface area contributed by atoms with Crippen molar-refractivity contribution >= 4 is 15.7 Å². The molecule has 5 rings (SSSR count). The van der Waals surface area contributed by atoms with E-state index in [2.05, 4.69) is 15.1 Å². The van der Waals surface area contributed by atoms with Crippen LogP contribution in [-0.4, -0.2) is 57.9 Å². The van der Waals surface area contributed by atoms with Crippen LogP contribution in [0.25, 0.3) is 11.4 Å². The van der Waals surface area contributed by atoms with Gasteiger partial charge in [-0.15, -0.1) is 0 Å². The largest absolute Gasteiger partial charge is 0.339 e. The van der Waals surface area contributed by atoms with Crippen molar-refractivity contribution in [2.24, 2.45) is 0 Å². The van der Waals surface area contributed by atoms with E-state index in [0.717, 1.165) is 5.56 Å². The maximum absolute atomic E-state index is 12.9. The van der Waals surface area contributed by atoms with Crippen LogP contribution in [0.1, 0.15) is 28.6 Å². The van der Waals surface area contributed by atoms with Crippen LogP contribution in [0.2, 0.25) is 0 Å². The minimum absolute atomic E-state index is 0.0536. The molecule has 4 heterocycles. The van der Waals surface area contributed by atoms with Gasteiger partial charge in [-0.25, -0.2) is 8.42 Å². The van der Waals surface area contributed by atoms with Gasteiger partial charge in [0, 0.05) is 36.6 Å². The van der Waals surface area contributed by atoms with E-state index in [9.17, 15) is 13.2 Å². The second-order valence-electron chi connectivity index (χ2n) is 7.44. The van der Waals surface area contributed by atoms with Gasteiger partial charge >= 0.3 is 0 Å². The Morgan fingerprint density at radius 1 is 1.10 bits per heavy atom. The fourth-order valence-corrected chi connectivity index (χ4v) is 6.53. The first-order valence-electron chi connectivity index (χ1n) is 9.31. The molecule has 2 fully saturated rings. The lowest BCUT2D eigenvalue weighted by atomic mass is 9.82. The molecule has 1 unspecified atom stereocenters. The smallest absolute Gasteiger partial charge is 0.253 e. The topological polar surface area (TPSA) is 106 Å². The minimum Gasteiger partial charge on any atom is -0.339 e. The summed E-state index contributed by atoms with van der Waals surface area (Å²) in [5, 5.41) is 4.02. The molecule has 29 heavy (non-hydrogen) atoms. The van der Waals surface area contributed by atoms with E-state index >= 15 is 0 Å². The number of aromatic nitrogens is 3. The maximum atomic E-state index is 12.9. The molecule has 1 amide bonds. The van der Waals surface area contributed by atoms with Crippen molar-refractivity contribution in [3.8, 4) is 11.4 Å². The highest BCUT2D eigenvalue weighted by atomic mass is 32.2. The molecule has 2 aliphatic heterocycles. The summed E-state index contributed by atoms with van der Waals surface area (Å²) in [5.41, 5.74) is 1.30. The normalized spacial score (nSPS) is 21.8. The lowest BCUT2D eigenvalue weighted by Gasteiger charge is -2.49. The van der Waals surface area contributed by atoms with Crippen LogP contribution in [-0.2, 0) is 9.84 Å². The molecule has 2 aromatic heterocycles. The molecule has 0 saturated carbocycles. The maximum Gasteiger partial charge on any atom is 0.253 e. The van der Waals surface area contributed by atoms with Gasteiger partial charge < -0.3 is 9.42 Å². The van der Waals surface area contributed by atoms with E-state index in [4.69, 9.17) is 4.52 Å². The number of benzene rings is 1.